The first-order valence-electron chi connectivity index (χ1n) is 5.51. The van der Waals surface area contributed by atoms with Crippen LogP contribution in [0.2, 0.25) is 0 Å². The van der Waals surface area contributed by atoms with Crippen molar-refractivity contribution >= 4 is 17.8 Å². The zero-order chi connectivity index (χ0) is 13.2. The Morgan fingerprint density at radius 2 is 2.06 bits per heavy atom. The Morgan fingerprint density at radius 3 is 2.61 bits per heavy atom. The Kier molecular flexibility index (Phi) is 3.39. The minimum absolute atomic E-state index is 0.0496. The van der Waals surface area contributed by atoms with Crippen LogP contribution in [0.3, 0.4) is 0 Å². The Morgan fingerprint density at radius 1 is 1.39 bits per heavy atom. The second-order valence-corrected chi connectivity index (χ2v) is 4.18. The Labute approximate surface area is 102 Å². The van der Waals surface area contributed by atoms with Crippen LogP contribution in [0.25, 0.3) is 6.08 Å². The fourth-order valence-corrected chi connectivity index (χ4v) is 1.87. The molecular formula is C12H11F3N2O. The summed E-state index contributed by atoms with van der Waals surface area (Å²) < 4.78 is 39.6. The largest absolute Gasteiger partial charge is 0.354 e. The van der Waals surface area contributed by atoms with Crippen LogP contribution in [0, 0.1) is 5.82 Å². The van der Waals surface area contributed by atoms with Gasteiger partial charge >= 0.3 is 0 Å². The maximum atomic E-state index is 13.7. The van der Waals surface area contributed by atoms with Crippen molar-refractivity contribution in [1.29, 1.82) is 0 Å². The fourth-order valence-electron chi connectivity index (χ4n) is 1.87. The van der Waals surface area contributed by atoms with Gasteiger partial charge in [0.2, 0.25) is 0 Å². The predicted octanol–water partition coefficient (Wildman–Crippen LogP) is 2.30. The van der Waals surface area contributed by atoms with Crippen LogP contribution >= 0.6 is 0 Å². The standard InChI is InChI=1S/C12H11F3N2O/c13-10-7-9(1-6-18)8-16-11(10)17-4-2-12(14,15)3-5-17/h1,7-8H,2-5H2. The molecule has 0 atom stereocenters. The lowest BCUT2D eigenvalue weighted by Gasteiger charge is -2.32. The molecule has 0 aromatic carbocycles. The summed E-state index contributed by atoms with van der Waals surface area (Å²) in [6.07, 6.45) is 1.77. The normalized spacial score (nSPS) is 18.3. The first-order chi connectivity index (χ1) is 8.52. The summed E-state index contributed by atoms with van der Waals surface area (Å²) in [6, 6.07) is 1.14. The molecule has 2 rings (SSSR count). The van der Waals surface area contributed by atoms with Gasteiger partial charge < -0.3 is 4.90 Å². The van der Waals surface area contributed by atoms with E-state index in [2.05, 4.69) is 4.98 Å². The van der Waals surface area contributed by atoms with Crippen LogP contribution in [0.1, 0.15) is 18.4 Å². The molecule has 1 fully saturated rings. The quantitative estimate of drug-likeness (QED) is 0.761. The molecule has 3 nitrogen and oxygen atoms in total. The SMILES string of the molecule is O=C=Cc1cnc(N2CCC(F)(F)CC2)c(F)c1. The van der Waals surface area contributed by atoms with Crippen molar-refractivity contribution in [2.24, 2.45) is 0 Å². The summed E-state index contributed by atoms with van der Waals surface area (Å²) in [5, 5.41) is 0. The molecule has 6 heteroatoms. The maximum absolute atomic E-state index is 13.7. The van der Waals surface area contributed by atoms with E-state index in [1.165, 1.54) is 17.0 Å². The summed E-state index contributed by atoms with van der Waals surface area (Å²) in [6.45, 7) is 0.138. The van der Waals surface area contributed by atoms with Crippen molar-refractivity contribution in [1.82, 2.24) is 4.98 Å². The highest BCUT2D eigenvalue weighted by atomic mass is 19.3. The van der Waals surface area contributed by atoms with Crippen molar-refractivity contribution in [3.8, 4) is 0 Å². The number of halogens is 3. The summed E-state index contributed by atoms with van der Waals surface area (Å²) in [7, 11) is 0. The highest BCUT2D eigenvalue weighted by molar-refractivity contribution is 5.74. The number of aromatic nitrogens is 1. The molecule has 0 spiro atoms. The van der Waals surface area contributed by atoms with E-state index in [0.29, 0.717) is 5.56 Å². The zero-order valence-corrected chi connectivity index (χ0v) is 9.50. The third-order valence-electron chi connectivity index (χ3n) is 2.86. The van der Waals surface area contributed by atoms with Gasteiger partial charge in [0.15, 0.2) is 11.6 Å². The van der Waals surface area contributed by atoms with Gasteiger partial charge in [0, 0.05) is 43.8 Å². The van der Waals surface area contributed by atoms with E-state index in [4.69, 9.17) is 0 Å². The average Bonchev–Trinajstić information content (AvgIpc) is 2.31. The molecule has 96 valence electrons. The highest BCUT2D eigenvalue weighted by Gasteiger charge is 2.35. The summed E-state index contributed by atoms with van der Waals surface area (Å²) in [5.74, 6) is -1.72. The van der Waals surface area contributed by atoms with E-state index in [0.717, 1.165) is 12.1 Å². The molecule has 0 radical (unpaired) electrons. The van der Waals surface area contributed by atoms with Crippen molar-refractivity contribution in [3.63, 3.8) is 0 Å². The van der Waals surface area contributed by atoms with Crippen LogP contribution < -0.4 is 4.90 Å². The number of alkyl halides is 2. The number of hydrogen-bond donors (Lipinski definition) is 0. The molecular weight excluding hydrogens is 245 g/mol. The third-order valence-corrected chi connectivity index (χ3v) is 2.86. The Bertz CT molecular complexity index is 488. The second kappa shape index (κ2) is 4.82. The molecule has 1 aliphatic heterocycles. The first-order valence-corrected chi connectivity index (χ1v) is 5.51. The number of carbonyl (C=O) groups excluding carboxylic acids is 1. The number of hydrogen-bond acceptors (Lipinski definition) is 3. The van der Waals surface area contributed by atoms with Gasteiger partial charge in [-0.25, -0.2) is 22.9 Å². The van der Waals surface area contributed by atoms with E-state index in [1.54, 1.807) is 0 Å². The molecule has 1 saturated heterocycles. The van der Waals surface area contributed by atoms with E-state index >= 15 is 0 Å². The van der Waals surface area contributed by atoms with Gasteiger partial charge in [-0.15, -0.1) is 0 Å². The van der Waals surface area contributed by atoms with Crippen LogP contribution in [-0.4, -0.2) is 29.9 Å². The second-order valence-electron chi connectivity index (χ2n) is 4.18. The molecule has 0 N–H and O–H groups in total. The van der Waals surface area contributed by atoms with Crippen molar-refractivity contribution in [3.05, 3.63) is 23.6 Å². The minimum atomic E-state index is -2.67. The van der Waals surface area contributed by atoms with E-state index < -0.39 is 11.7 Å². The third kappa shape index (κ3) is 2.71. The van der Waals surface area contributed by atoms with Gasteiger partial charge in [-0.3, -0.25) is 0 Å². The maximum Gasteiger partial charge on any atom is 0.251 e. The molecule has 2 heterocycles. The molecule has 0 saturated carbocycles. The lowest BCUT2D eigenvalue weighted by molar-refractivity contribution is -0.0222. The van der Waals surface area contributed by atoms with Crippen LogP contribution in [-0.2, 0) is 4.79 Å². The van der Waals surface area contributed by atoms with Crippen LogP contribution in [0.4, 0.5) is 19.0 Å². The van der Waals surface area contributed by atoms with E-state index in [-0.39, 0.29) is 31.7 Å². The van der Waals surface area contributed by atoms with E-state index in [9.17, 15) is 18.0 Å². The Hall–Kier alpha value is -1.81. The van der Waals surface area contributed by atoms with Gasteiger partial charge in [0.05, 0.1) is 0 Å². The number of nitrogens with zero attached hydrogens (tertiary/aromatic N) is 2. The van der Waals surface area contributed by atoms with Crippen molar-refractivity contribution < 1.29 is 18.0 Å². The van der Waals surface area contributed by atoms with Crippen molar-refractivity contribution in [2.75, 3.05) is 18.0 Å². The summed E-state index contributed by atoms with van der Waals surface area (Å²) >= 11 is 0. The number of piperidine rings is 1. The number of pyridine rings is 1. The molecule has 1 aromatic heterocycles. The molecule has 18 heavy (non-hydrogen) atoms. The molecule has 0 amide bonds. The van der Waals surface area contributed by atoms with Crippen LogP contribution in [0.15, 0.2) is 12.3 Å². The number of rotatable bonds is 2. The minimum Gasteiger partial charge on any atom is -0.354 e. The Balaban J connectivity index is 2.17. The topological polar surface area (TPSA) is 33.2 Å². The van der Waals surface area contributed by atoms with Gasteiger partial charge in [0.1, 0.15) is 5.94 Å². The lowest BCUT2D eigenvalue weighted by Crippen LogP contribution is -2.40. The lowest BCUT2D eigenvalue weighted by atomic mass is 10.1. The average molecular weight is 256 g/mol. The van der Waals surface area contributed by atoms with E-state index in [1.807, 2.05) is 0 Å². The molecule has 1 aromatic rings. The van der Waals surface area contributed by atoms with Crippen molar-refractivity contribution in [2.45, 2.75) is 18.8 Å². The number of anilines is 1. The zero-order valence-electron chi connectivity index (χ0n) is 9.50. The first kappa shape index (κ1) is 12.6. The molecule has 1 aliphatic rings. The van der Waals surface area contributed by atoms with Gasteiger partial charge in [-0.2, -0.15) is 0 Å². The predicted molar refractivity (Wildman–Crippen MR) is 60.7 cm³/mol. The van der Waals surface area contributed by atoms with Gasteiger partial charge in [-0.1, -0.05) is 0 Å². The van der Waals surface area contributed by atoms with Gasteiger partial charge in [-0.05, 0) is 6.07 Å². The highest BCUT2D eigenvalue weighted by Crippen LogP contribution is 2.30. The summed E-state index contributed by atoms with van der Waals surface area (Å²) in [4.78, 5) is 15.5. The molecule has 0 unspecified atom stereocenters. The smallest absolute Gasteiger partial charge is 0.251 e. The monoisotopic (exact) mass is 256 g/mol. The summed E-state index contributed by atoms with van der Waals surface area (Å²) in [5.41, 5.74) is 0.300. The fraction of sp³-hybridized carbons (Fsp3) is 0.417. The van der Waals surface area contributed by atoms with Gasteiger partial charge in [0.25, 0.3) is 5.92 Å². The van der Waals surface area contributed by atoms with Crippen LogP contribution in [0.5, 0.6) is 0 Å². The molecule has 0 bridgehead atoms. The molecule has 0 aliphatic carbocycles.